The smallest absolute Gasteiger partial charge is 0.224 e. The summed E-state index contributed by atoms with van der Waals surface area (Å²) in [5.74, 6) is -0.303. The topological polar surface area (TPSA) is 67.2 Å². The van der Waals surface area contributed by atoms with E-state index in [4.69, 9.17) is 16.7 Å². The minimum absolute atomic E-state index is 0.0495. The Morgan fingerprint density at radius 3 is 3.07 bits per heavy atom. The van der Waals surface area contributed by atoms with E-state index in [1.165, 1.54) is 6.20 Å². The predicted octanol–water partition coefficient (Wildman–Crippen LogP) is 0.281. The van der Waals surface area contributed by atoms with Crippen molar-refractivity contribution >= 4 is 17.5 Å². The highest BCUT2D eigenvalue weighted by molar-refractivity contribution is 6.30. The number of nitrogens with zero attached hydrogens (tertiary/aromatic N) is 2. The molecule has 0 radical (unpaired) electrons. The van der Waals surface area contributed by atoms with E-state index in [0.717, 1.165) is 0 Å². The van der Waals surface area contributed by atoms with Crippen molar-refractivity contribution in [3.05, 3.63) is 17.4 Å². The van der Waals surface area contributed by atoms with Crippen molar-refractivity contribution in [2.24, 2.45) is 5.92 Å². The molecule has 1 amide bonds. The van der Waals surface area contributed by atoms with Gasteiger partial charge >= 0.3 is 0 Å². The van der Waals surface area contributed by atoms with Crippen molar-refractivity contribution in [2.45, 2.75) is 13.5 Å². The van der Waals surface area contributed by atoms with Gasteiger partial charge < -0.3 is 10.4 Å². The lowest BCUT2D eigenvalue weighted by molar-refractivity contribution is -0.125. The van der Waals surface area contributed by atoms with Gasteiger partial charge in [-0.1, -0.05) is 18.5 Å². The first-order valence-electron chi connectivity index (χ1n) is 4.70. The number of hydrogen-bond donors (Lipinski definition) is 2. The largest absolute Gasteiger partial charge is 0.395 e. The number of hydrogen-bond acceptors (Lipinski definition) is 3. The summed E-state index contributed by atoms with van der Waals surface area (Å²) >= 11 is 5.69. The fourth-order valence-electron chi connectivity index (χ4n) is 1.16. The SMILES string of the molecule is CC(Cn1cc(Cl)cn1)C(=O)NCCO. The molecule has 1 rings (SSSR count). The van der Waals surface area contributed by atoms with Crippen LogP contribution in [0, 0.1) is 5.92 Å². The number of rotatable bonds is 5. The summed E-state index contributed by atoms with van der Waals surface area (Å²) in [4.78, 5) is 11.4. The maximum Gasteiger partial charge on any atom is 0.224 e. The fraction of sp³-hybridized carbons (Fsp3) is 0.556. The highest BCUT2D eigenvalue weighted by Crippen LogP contribution is 2.07. The molecule has 1 heterocycles. The van der Waals surface area contributed by atoms with Gasteiger partial charge in [-0.25, -0.2) is 0 Å². The zero-order valence-corrected chi connectivity index (χ0v) is 9.24. The Morgan fingerprint density at radius 1 is 1.80 bits per heavy atom. The second kappa shape index (κ2) is 5.72. The average Bonchev–Trinajstić information content (AvgIpc) is 2.60. The molecule has 1 aromatic heterocycles. The first-order chi connectivity index (χ1) is 7.13. The first kappa shape index (κ1) is 12.0. The van der Waals surface area contributed by atoms with Crippen LogP contribution in [-0.2, 0) is 11.3 Å². The Hall–Kier alpha value is -1.07. The number of aliphatic hydroxyl groups is 1. The molecule has 0 fully saturated rings. The third kappa shape index (κ3) is 3.89. The molecule has 0 bridgehead atoms. The lowest BCUT2D eigenvalue weighted by Crippen LogP contribution is -2.33. The lowest BCUT2D eigenvalue weighted by Gasteiger charge is -2.11. The van der Waals surface area contributed by atoms with Crippen molar-refractivity contribution in [3.8, 4) is 0 Å². The predicted molar refractivity (Wildman–Crippen MR) is 56.5 cm³/mol. The summed E-state index contributed by atoms with van der Waals surface area (Å²) in [5.41, 5.74) is 0. The summed E-state index contributed by atoms with van der Waals surface area (Å²) in [5, 5.41) is 15.7. The molecular formula is C9H14ClN3O2. The van der Waals surface area contributed by atoms with E-state index >= 15 is 0 Å². The van der Waals surface area contributed by atoms with Gasteiger partial charge in [0.1, 0.15) is 0 Å². The zero-order chi connectivity index (χ0) is 11.3. The zero-order valence-electron chi connectivity index (χ0n) is 8.48. The third-order valence-electron chi connectivity index (χ3n) is 1.92. The molecule has 15 heavy (non-hydrogen) atoms. The Morgan fingerprint density at radius 2 is 2.53 bits per heavy atom. The highest BCUT2D eigenvalue weighted by atomic mass is 35.5. The molecule has 0 saturated carbocycles. The number of nitrogens with one attached hydrogen (secondary N) is 1. The molecule has 5 nitrogen and oxygen atoms in total. The maximum absolute atomic E-state index is 11.4. The standard InChI is InChI=1S/C9H14ClN3O2/c1-7(9(15)11-2-3-14)5-13-6-8(10)4-12-13/h4,6-7,14H,2-3,5H2,1H3,(H,11,15). The van der Waals surface area contributed by atoms with Crippen LogP contribution in [0.5, 0.6) is 0 Å². The van der Waals surface area contributed by atoms with Crippen LogP contribution in [-0.4, -0.2) is 33.9 Å². The van der Waals surface area contributed by atoms with E-state index in [9.17, 15) is 4.79 Å². The molecular weight excluding hydrogens is 218 g/mol. The Balaban J connectivity index is 2.41. The first-order valence-corrected chi connectivity index (χ1v) is 5.08. The summed E-state index contributed by atoms with van der Waals surface area (Å²) in [6.45, 7) is 2.50. The number of carbonyl (C=O) groups is 1. The van der Waals surface area contributed by atoms with Gasteiger partial charge in [-0.15, -0.1) is 0 Å². The second-order valence-electron chi connectivity index (χ2n) is 3.30. The monoisotopic (exact) mass is 231 g/mol. The summed E-state index contributed by atoms with van der Waals surface area (Å²) in [6.07, 6.45) is 3.19. The molecule has 6 heteroatoms. The lowest BCUT2D eigenvalue weighted by atomic mass is 10.1. The van der Waals surface area contributed by atoms with Gasteiger partial charge in [0.05, 0.1) is 30.3 Å². The molecule has 0 saturated heterocycles. The highest BCUT2D eigenvalue weighted by Gasteiger charge is 2.13. The van der Waals surface area contributed by atoms with Crippen LogP contribution < -0.4 is 5.32 Å². The van der Waals surface area contributed by atoms with Crippen LogP contribution in [0.25, 0.3) is 0 Å². The quantitative estimate of drug-likeness (QED) is 0.765. The van der Waals surface area contributed by atoms with Gasteiger partial charge in [-0.05, 0) is 0 Å². The van der Waals surface area contributed by atoms with Crippen molar-refractivity contribution < 1.29 is 9.90 Å². The molecule has 1 unspecified atom stereocenters. The van der Waals surface area contributed by atoms with Crippen molar-refractivity contribution in [1.82, 2.24) is 15.1 Å². The normalized spacial score (nSPS) is 12.5. The molecule has 0 aromatic carbocycles. The van der Waals surface area contributed by atoms with Gasteiger partial charge in [0.25, 0.3) is 0 Å². The van der Waals surface area contributed by atoms with E-state index in [-0.39, 0.29) is 25.0 Å². The summed E-state index contributed by atoms with van der Waals surface area (Å²) in [6, 6.07) is 0. The van der Waals surface area contributed by atoms with Crippen molar-refractivity contribution in [1.29, 1.82) is 0 Å². The Bertz CT molecular complexity index is 327. The Labute approximate surface area is 93.0 Å². The number of amides is 1. The molecule has 1 aromatic rings. The maximum atomic E-state index is 11.4. The molecule has 0 aliphatic heterocycles. The molecule has 84 valence electrons. The minimum atomic E-state index is -0.201. The number of aliphatic hydroxyl groups excluding tert-OH is 1. The Kier molecular flexibility index (Phi) is 4.58. The van der Waals surface area contributed by atoms with Gasteiger partial charge in [-0.2, -0.15) is 5.10 Å². The van der Waals surface area contributed by atoms with E-state index in [0.29, 0.717) is 11.6 Å². The minimum Gasteiger partial charge on any atom is -0.395 e. The van der Waals surface area contributed by atoms with Crippen LogP contribution in [0.15, 0.2) is 12.4 Å². The van der Waals surface area contributed by atoms with E-state index in [1.807, 2.05) is 0 Å². The summed E-state index contributed by atoms with van der Waals surface area (Å²) in [7, 11) is 0. The third-order valence-corrected chi connectivity index (χ3v) is 2.12. The molecule has 0 aliphatic rings. The number of aromatic nitrogens is 2. The van der Waals surface area contributed by atoms with Gasteiger partial charge in [0, 0.05) is 12.7 Å². The van der Waals surface area contributed by atoms with Crippen LogP contribution in [0.2, 0.25) is 5.02 Å². The second-order valence-corrected chi connectivity index (χ2v) is 3.73. The van der Waals surface area contributed by atoms with Gasteiger partial charge in [0.15, 0.2) is 0 Å². The van der Waals surface area contributed by atoms with Crippen molar-refractivity contribution in [2.75, 3.05) is 13.2 Å². The molecule has 1 atom stereocenters. The van der Waals surface area contributed by atoms with E-state index in [2.05, 4.69) is 10.4 Å². The van der Waals surface area contributed by atoms with Crippen LogP contribution in [0.3, 0.4) is 0 Å². The number of halogens is 1. The van der Waals surface area contributed by atoms with Gasteiger partial charge in [0.2, 0.25) is 5.91 Å². The van der Waals surface area contributed by atoms with Gasteiger partial charge in [-0.3, -0.25) is 9.48 Å². The van der Waals surface area contributed by atoms with E-state index in [1.54, 1.807) is 17.8 Å². The van der Waals surface area contributed by atoms with Crippen LogP contribution in [0.4, 0.5) is 0 Å². The summed E-state index contributed by atoms with van der Waals surface area (Å²) < 4.78 is 1.62. The fourth-order valence-corrected chi connectivity index (χ4v) is 1.31. The van der Waals surface area contributed by atoms with Crippen LogP contribution in [0.1, 0.15) is 6.92 Å². The van der Waals surface area contributed by atoms with Crippen molar-refractivity contribution in [3.63, 3.8) is 0 Å². The number of carbonyl (C=O) groups excluding carboxylic acids is 1. The van der Waals surface area contributed by atoms with Crippen LogP contribution >= 0.6 is 11.6 Å². The molecule has 0 aliphatic carbocycles. The molecule has 2 N–H and O–H groups in total. The van der Waals surface area contributed by atoms with E-state index < -0.39 is 0 Å². The average molecular weight is 232 g/mol. The molecule has 0 spiro atoms.